The van der Waals surface area contributed by atoms with E-state index in [0.717, 1.165) is 38.8 Å². The molecule has 0 aromatic rings. The van der Waals surface area contributed by atoms with Gasteiger partial charge in [0.1, 0.15) is 0 Å². The van der Waals surface area contributed by atoms with Crippen LogP contribution in [0.3, 0.4) is 0 Å². The summed E-state index contributed by atoms with van der Waals surface area (Å²) < 4.78 is 0. The van der Waals surface area contributed by atoms with Crippen LogP contribution in [0, 0.1) is 5.92 Å². The van der Waals surface area contributed by atoms with E-state index in [1.54, 1.807) is 0 Å². The Kier molecular flexibility index (Phi) is 3.43. The number of carboxylic acid groups (broad SMARTS) is 1. The minimum atomic E-state index is -0.791. The summed E-state index contributed by atoms with van der Waals surface area (Å²) in [5.74, 6) is -0.538. The van der Waals surface area contributed by atoms with Crippen molar-refractivity contribution in [1.82, 2.24) is 10.2 Å². The lowest BCUT2D eigenvalue weighted by Gasteiger charge is -2.29. The van der Waals surface area contributed by atoms with Gasteiger partial charge in [0.25, 0.3) is 0 Å². The minimum absolute atomic E-state index is 0.0886. The summed E-state index contributed by atoms with van der Waals surface area (Å²) in [6.07, 6.45) is 3.80. The summed E-state index contributed by atoms with van der Waals surface area (Å²) in [6, 6.07) is 0.421. The number of nitrogens with zero attached hydrogens (tertiary/aromatic N) is 1. The van der Waals surface area contributed by atoms with Crippen LogP contribution in [0.25, 0.3) is 0 Å². The highest BCUT2D eigenvalue weighted by atomic mass is 16.4. The number of carbonyl (C=O) groups excluding carboxylic acids is 1. The van der Waals surface area contributed by atoms with Crippen molar-refractivity contribution in [3.63, 3.8) is 0 Å². The first kappa shape index (κ1) is 11.4. The van der Waals surface area contributed by atoms with Gasteiger partial charge < -0.3 is 10.4 Å². The molecule has 2 aliphatic rings. The zero-order valence-electron chi connectivity index (χ0n) is 9.32. The van der Waals surface area contributed by atoms with Crippen LogP contribution in [0.15, 0.2) is 0 Å². The molecule has 1 aliphatic carbocycles. The summed E-state index contributed by atoms with van der Waals surface area (Å²) in [5, 5.41) is 11.7. The topological polar surface area (TPSA) is 69.6 Å². The van der Waals surface area contributed by atoms with Crippen LogP contribution in [-0.4, -0.2) is 47.6 Å². The average Bonchev–Trinajstić information content (AvgIpc) is 3.01. The number of nitrogens with one attached hydrogen (secondary N) is 1. The third-order valence-electron chi connectivity index (χ3n) is 3.24. The quantitative estimate of drug-likeness (QED) is 0.711. The number of amides is 1. The van der Waals surface area contributed by atoms with Crippen molar-refractivity contribution >= 4 is 11.9 Å². The lowest BCUT2D eigenvalue weighted by atomic mass is 9.96. The molecule has 1 heterocycles. The van der Waals surface area contributed by atoms with E-state index in [-0.39, 0.29) is 18.4 Å². The second-order valence-electron chi connectivity index (χ2n) is 4.73. The van der Waals surface area contributed by atoms with Crippen LogP contribution >= 0.6 is 0 Å². The van der Waals surface area contributed by atoms with Gasteiger partial charge in [-0.3, -0.25) is 14.5 Å². The van der Waals surface area contributed by atoms with Gasteiger partial charge in [0, 0.05) is 12.0 Å². The Balaban J connectivity index is 1.71. The highest BCUT2D eigenvalue weighted by molar-refractivity contribution is 5.79. The van der Waals surface area contributed by atoms with E-state index in [9.17, 15) is 9.59 Å². The predicted octanol–water partition coefficient (Wildman–Crippen LogP) is 0.0616. The molecule has 5 nitrogen and oxygen atoms in total. The Bertz CT molecular complexity index is 281. The fourth-order valence-electron chi connectivity index (χ4n) is 2.09. The Morgan fingerprint density at radius 2 is 1.81 bits per heavy atom. The number of aliphatic carboxylic acids is 1. The fourth-order valence-corrected chi connectivity index (χ4v) is 2.09. The van der Waals surface area contributed by atoms with E-state index in [4.69, 9.17) is 5.11 Å². The molecule has 0 radical (unpaired) electrons. The molecule has 0 spiro atoms. The van der Waals surface area contributed by atoms with Gasteiger partial charge in [-0.1, -0.05) is 0 Å². The SMILES string of the molecule is O=C(O)CN1CCC(C(=O)NC2CC2)CC1. The molecule has 5 heteroatoms. The molecule has 1 amide bonds. The number of piperidine rings is 1. The normalized spacial score (nSPS) is 23.0. The first-order chi connectivity index (χ1) is 7.65. The van der Waals surface area contributed by atoms with Crippen LogP contribution in [0.1, 0.15) is 25.7 Å². The van der Waals surface area contributed by atoms with Gasteiger partial charge in [-0.05, 0) is 38.8 Å². The number of likely N-dealkylation sites (tertiary alicyclic amines) is 1. The molecule has 1 saturated heterocycles. The van der Waals surface area contributed by atoms with Crippen molar-refractivity contribution in [2.45, 2.75) is 31.7 Å². The molecule has 1 saturated carbocycles. The van der Waals surface area contributed by atoms with Crippen molar-refractivity contribution in [3.8, 4) is 0 Å². The number of hydrogen-bond donors (Lipinski definition) is 2. The van der Waals surface area contributed by atoms with E-state index < -0.39 is 5.97 Å². The maximum absolute atomic E-state index is 11.7. The number of hydrogen-bond acceptors (Lipinski definition) is 3. The highest BCUT2D eigenvalue weighted by Gasteiger charge is 2.30. The van der Waals surface area contributed by atoms with Gasteiger partial charge in [0.15, 0.2) is 0 Å². The zero-order valence-corrected chi connectivity index (χ0v) is 9.32. The Morgan fingerprint density at radius 1 is 1.19 bits per heavy atom. The average molecular weight is 226 g/mol. The molecule has 2 fully saturated rings. The van der Waals surface area contributed by atoms with E-state index in [1.807, 2.05) is 4.90 Å². The van der Waals surface area contributed by atoms with Gasteiger partial charge in [0.05, 0.1) is 6.54 Å². The number of rotatable bonds is 4. The smallest absolute Gasteiger partial charge is 0.317 e. The third kappa shape index (κ3) is 3.20. The maximum atomic E-state index is 11.7. The zero-order chi connectivity index (χ0) is 11.5. The van der Waals surface area contributed by atoms with Crippen molar-refractivity contribution in [2.75, 3.05) is 19.6 Å². The third-order valence-corrected chi connectivity index (χ3v) is 3.24. The molecule has 0 unspecified atom stereocenters. The first-order valence-electron chi connectivity index (χ1n) is 5.89. The van der Waals surface area contributed by atoms with Gasteiger partial charge in [0.2, 0.25) is 5.91 Å². The minimum Gasteiger partial charge on any atom is -0.480 e. The molecule has 0 bridgehead atoms. The molecule has 2 rings (SSSR count). The standard InChI is InChI=1S/C11H18N2O3/c14-10(15)7-13-5-3-8(4-6-13)11(16)12-9-1-2-9/h8-9H,1-7H2,(H,12,16)(H,14,15). The van der Waals surface area contributed by atoms with Crippen LogP contribution in [0.2, 0.25) is 0 Å². The fraction of sp³-hybridized carbons (Fsp3) is 0.818. The van der Waals surface area contributed by atoms with Gasteiger partial charge in [-0.25, -0.2) is 0 Å². The van der Waals surface area contributed by atoms with E-state index in [2.05, 4.69) is 5.32 Å². The molecule has 0 aromatic heterocycles. The lowest BCUT2D eigenvalue weighted by Crippen LogP contribution is -2.42. The molecule has 0 atom stereocenters. The molecule has 90 valence electrons. The Labute approximate surface area is 94.8 Å². The Hall–Kier alpha value is -1.10. The largest absolute Gasteiger partial charge is 0.480 e. The molecular formula is C11H18N2O3. The van der Waals surface area contributed by atoms with Crippen LogP contribution in [0.5, 0.6) is 0 Å². The van der Waals surface area contributed by atoms with E-state index >= 15 is 0 Å². The van der Waals surface area contributed by atoms with Crippen molar-refractivity contribution in [3.05, 3.63) is 0 Å². The first-order valence-corrected chi connectivity index (χ1v) is 5.89. The van der Waals surface area contributed by atoms with Crippen LogP contribution in [-0.2, 0) is 9.59 Å². The molecule has 1 aliphatic heterocycles. The van der Waals surface area contributed by atoms with Crippen molar-refractivity contribution in [2.24, 2.45) is 5.92 Å². The van der Waals surface area contributed by atoms with Crippen LogP contribution < -0.4 is 5.32 Å². The Morgan fingerprint density at radius 3 is 2.31 bits per heavy atom. The summed E-state index contributed by atoms with van der Waals surface area (Å²) in [6.45, 7) is 1.53. The van der Waals surface area contributed by atoms with E-state index in [0.29, 0.717) is 6.04 Å². The van der Waals surface area contributed by atoms with Crippen LogP contribution in [0.4, 0.5) is 0 Å². The van der Waals surface area contributed by atoms with Crippen molar-refractivity contribution < 1.29 is 14.7 Å². The van der Waals surface area contributed by atoms with Crippen molar-refractivity contribution in [1.29, 1.82) is 0 Å². The molecule has 16 heavy (non-hydrogen) atoms. The van der Waals surface area contributed by atoms with Gasteiger partial charge in [-0.2, -0.15) is 0 Å². The number of carbonyl (C=O) groups is 2. The second kappa shape index (κ2) is 4.82. The van der Waals surface area contributed by atoms with E-state index in [1.165, 1.54) is 0 Å². The summed E-state index contributed by atoms with van der Waals surface area (Å²) in [7, 11) is 0. The van der Waals surface area contributed by atoms with Gasteiger partial charge in [-0.15, -0.1) is 0 Å². The summed E-state index contributed by atoms with van der Waals surface area (Å²) in [4.78, 5) is 24.1. The van der Waals surface area contributed by atoms with Gasteiger partial charge >= 0.3 is 5.97 Å². The highest BCUT2D eigenvalue weighted by Crippen LogP contribution is 2.22. The molecular weight excluding hydrogens is 208 g/mol. The predicted molar refractivity (Wildman–Crippen MR) is 58.0 cm³/mol. The lowest BCUT2D eigenvalue weighted by molar-refractivity contribution is -0.138. The second-order valence-corrected chi connectivity index (χ2v) is 4.73. The molecule has 0 aromatic carbocycles. The summed E-state index contributed by atoms with van der Waals surface area (Å²) >= 11 is 0. The summed E-state index contributed by atoms with van der Waals surface area (Å²) in [5.41, 5.74) is 0. The monoisotopic (exact) mass is 226 g/mol. The molecule has 2 N–H and O–H groups in total. The number of carboxylic acids is 1. The maximum Gasteiger partial charge on any atom is 0.317 e.